The molecule has 1 aliphatic carbocycles. The van der Waals surface area contributed by atoms with Gasteiger partial charge in [0, 0.05) is 5.54 Å². The molecule has 0 heterocycles. The van der Waals surface area contributed by atoms with Crippen molar-refractivity contribution >= 4 is 0 Å². The Hall–Kier alpha value is -1.10. The van der Waals surface area contributed by atoms with Gasteiger partial charge in [-0.2, -0.15) is 13.2 Å². The van der Waals surface area contributed by atoms with Crippen LogP contribution in [0.3, 0.4) is 0 Å². The van der Waals surface area contributed by atoms with Crippen molar-refractivity contribution in [3.63, 3.8) is 0 Å². The van der Waals surface area contributed by atoms with Crippen LogP contribution in [-0.4, -0.2) is 5.54 Å². The lowest BCUT2D eigenvalue weighted by molar-refractivity contribution is -0.140. The van der Waals surface area contributed by atoms with Crippen molar-refractivity contribution in [1.29, 1.82) is 0 Å². The lowest BCUT2D eigenvalue weighted by Crippen LogP contribution is -2.25. The van der Waals surface area contributed by atoms with Gasteiger partial charge < -0.3 is 5.73 Å². The van der Waals surface area contributed by atoms with E-state index in [0.717, 1.165) is 18.9 Å². The van der Waals surface area contributed by atoms with Gasteiger partial charge in [-0.1, -0.05) is 12.1 Å². The Kier molecular flexibility index (Phi) is 2.45. The highest BCUT2D eigenvalue weighted by Crippen LogP contribution is 2.38. The highest BCUT2D eigenvalue weighted by atomic mass is 19.4. The zero-order valence-electron chi connectivity index (χ0n) is 8.44. The third-order valence-electron chi connectivity index (χ3n) is 2.82. The molecule has 0 aliphatic heterocycles. The fraction of sp³-hybridized carbons (Fsp3) is 0.455. The molecule has 1 aromatic carbocycles. The molecule has 0 radical (unpaired) electrons. The van der Waals surface area contributed by atoms with Crippen LogP contribution >= 0.6 is 0 Å². The average molecular weight is 233 g/mol. The summed E-state index contributed by atoms with van der Waals surface area (Å²) in [5.74, 6) is -1.19. The molecule has 2 N–H and O–H groups in total. The number of alkyl halides is 3. The second kappa shape index (κ2) is 3.45. The summed E-state index contributed by atoms with van der Waals surface area (Å²) in [7, 11) is 0. The minimum Gasteiger partial charge on any atom is -0.325 e. The zero-order valence-corrected chi connectivity index (χ0v) is 8.44. The third-order valence-corrected chi connectivity index (χ3v) is 2.82. The number of nitrogens with two attached hydrogens (primary N) is 1. The second-order valence-corrected chi connectivity index (χ2v) is 4.32. The van der Waals surface area contributed by atoms with Crippen LogP contribution < -0.4 is 5.73 Å². The molecule has 0 unspecified atom stereocenters. The molecule has 5 heteroatoms. The van der Waals surface area contributed by atoms with E-state index in [1.165, 1.54) is 12.1 Å². The fourth-order valence-electron chi connectivity index (χ4n) is 1.65. The zero-order chi connectivity index (χ0) is 12.0. The first-order valence-corrected chi connectivity index (χ1v) is 4.95. The lowest BCUT2D eigenvalue weighted by atomic mass is 10.0. The lowest BCUT2D eigenvalue weighted by Gasteiger charge is -2.13. The molecule has 1 fully saturated rings. The van der Waals surface area contributed by atoms with Gasteiger partial charge in [-0.05, 0) is 30.9 Å². The van der Waals surface area contributed by atoms with Crippen molar-refractivity contribution in [3.05, 3.63) is 35.1 Å². The van der Waals surface area contributed by atoms with Crippen molar-refractivity contribution in [2.45, 2.75) is 31.0 Å². The van der Waals surface area contributed by atoms with Crippen molar-refractivity contribution < 1.29 is 17.6 Å². The van der Waals surface area contributed by atoms with Gasteiger partial charge in [0.1, 0.15) is 5.82 Å². The third kappa shape index (κ3) is 2.19. The molecule has 1 nitrogen and oxygen atoms in total. The maximum absolute atomic E-state index is 13.6. The van der Waals surface area contributed by atoms with Crippen LogP contribution in [0, 0.1) is 5.82 Å². The number of benzene rings is 1. The van der Waals surface area contributed by atoms with Crippen molar-refractivity contribution in [3.8, 4) is 0 Å². The summed E-state index contributed by atoms with van der Waals surface area (Å²) in [6.45, 7) is 0. The van der Waals surface area contributed by atoms with Gasteiger partial charge in [-0.25, -0.2) is 4.39 Å². The van der Waals surface area contributed by atoms with Gasteiger partial charge in [-0.15, -0.1) is 0 Å². The van der Waals surface area contributed by atoms with E-state index in [1.54, 1.807) is 0 Å². The molecular formula is C11H11F4N. The summed E-state index contributed by atoms with van der Waals surface area (Å²) in [5.41, 5.74) is 4.10. The van der Waals surface area contributed by atoms with Crippen LogP contribution in [0.1, 0.15) is 24.0 Å². The maximum atomic E-state index is 13.6. The van der Waals surface area contributed by atoms with Crippen LogP contribution in [0.5, 0.6) is 0 Å². The summed E-state index contributed by atoms with van der Waals surface area (Å²) < 4.78 is 50.8. The predicted molar refractivity (Wildman–Crippen MR) is 51.3 cm³/mol. The quantitative estimate of drug-likeness (QED) is 0.781. The van der Waals surface area contributed by atoms with E-state index in [-0.39, 0.29) is 12.0 Å². The first-order chi connectivity index (χ1) is 7.32. The minimum absolute atomic E-state index is 0.0508. The van der Waals surface area contributed by atoms with E-state index < -0.39 is 23.1 Å². The number of halogens is 4. The summed E-state index contributed by atoms with van der Waals surface area (Å²) in [6, 6.07) is 3.32. The minimum atomic E-state index is -4.65. The van der Waals surface area contributed by atoms with Crippen LogP contribution in [0.25, 0.3) is 0 Å². The van der Waals surface area contributed by atoms with E-state index in [0.29, 0.717) is 0 Å². The SMILES string of the molecule is NC1(Cc2cccc(C(F)(F)F)c2F)CC1. The van der Waals surface area contributed by atoms with Gasteiger partial charge in [0.2, 0.25) is 0 Å². The van der Waals surface area contributed by atoms with Gasteiger partial charge in [0.15, 0.2) is 0 Å². The standard InChI is InChI=1S/C11H11F4N/c12-9-7(6-10(16)4-5-10)2-1-3-8(9)11(13,14)15/h1-3H,4-6,16H2. The van der Waals surface area contributed by atoms with E-state index >= 15 is 0 Å². The first kappa shape index (κ1) is 11.4. The monoisotopic (exact) mass is 233 g/mol. The molecule has 88 valence electrons. The van der Waals surface area contributed by atoms with Crippen molar-refractivity contribution in [1.82, 2.24) is 0 Å². The van der Waals surface area contributed by atoms with Gasteiger partial charge >= 0.3 is 6.18 Å². The second-order valence-electron chi connectivity index (χ2n) is 4.32. The number of rotatable bonds is 2. The van der Waals surface area contributed by atoms with Crippen LogP contribution in [0.15, 0.2) is 18.2 Å². The normalized spacial score (nSPS) is 18.6. The van der Waals surface area contributed by atoms with Crippen LogP contribution in [0.4, 0.5) is 17.6 Å². The summed E-state index contributed by atoms with van der Waals surface area (Å²) in [6.07, 6.45) is -3.00. The van der Waals surface area contributed by atoms with Crippen molar-refractivity contribution in [2.75, 3.05) is 0 Å². The average Bonchev–Trinajstić information content (AvgIpc) is 2.86. The largest absolute Gasteiger partial charge is 0.419 e. The molecule has 1 saturated carbocycles. The van der Waals surface area contributed by atoms with Gasteiger partial charge in [0.25, 0.3) is 0 Å². The fourth-order valence-corrected chi connectivity index (χ4v) is 1.65. The summed E-state index contributed by atoms with van der Waals surface area (Å²) in [4.78, 5) is 0. The summed E-state index contributed by atoms with van der Waals surface area (Å²) in [5, 5.41) is 0. The van der Waals surface area contributed by atoms with E-state index in [2.05, 4.69) is 0 Å². The molecule has 0 amide bonds. The van der Waals surface area contributed by atoms with Crippen molar-refractivity contribution in [2.24, 2.45) is 5.73 Å². The Morgan fingerprint density at radius 2 is 1.88 bits per heavy atom. The summed E-state index contributed by atoms with van der Waals surface area (Å²) >= 11 is 0. The molecule has 0 bridgehead atoms. The Morgan fingerprint density at radius 3 is 2.38 bits per heavy atom. The Labute approximate surface area is 90.3 Å². The van der Waals surface area contributed by atoms with Crippen LogP contribution in [-0.2, 0) is 12.6 Å². The molecule has 1 aromatic rings. The molecule has 16 heavy (non-hydrogen) atoms. The van der Waals surface area contributed by atoms with Gasteiger partial charge in [0.05, 0.1) is 5.56 Å². The molecule has 0 atom stereocenters. The Bertz CT molecular complexity index is 407. The highest BCUT2D eigenvalue weighted by molar-refractivity contribution is 5.30. The number of hydrogen-bond donors (Lipinski definition) is 1. The van der Waals surface area contributed by atoms with Gasteiger partial charge in [-0.3, -0.25) is 0 Å². The van der Waals surface area contributed by atoms with E-state index in [1.807, 2.05) is 0 Å². The molecule has 0 saturated heterocycles. The highest BCUT2D eigenvalue weighted by Gasteiger charge is 2.40. The number of hydrogen-bond acceptors (Lipinski definition) is 1. The Balaban J connectivity index is 2.33. The molecule has 2 rings (SSSR count). The Morgan fingerprint density at radius 1 is 1.25 bits per heavy atom. The molecule has 0 aromatic heterocycles. The van der Waals surface area contributed by atoms with Crippen LogP contribution in [0.2, 0.25) is 0 Å². The molecular weight excluding hydrogens is 222 g/mol. The smallest absolute Gasteiger partial charge is 0.325 e. The predicted octanol–water partition coefficient (Wildman–Crippen LogP) is 2.88. The topological polar surface area (TPSA) is 26.0 Å². The maximum Gasteiger partial charge on any atom is 0.419 e. The molecule has 0 spiro atoms. The molecule has 1 aliphatic rings. The van der Waals surface area contributed by atoms with E-state index in [9.17, 15) is 17.6 Å². The van der Waals surface area contributed by atoms with E-state index in [4.69, 9.17) is 5.73 Å². The first-order valence-electron chi connectivity index (χ1n) is 4.95.